The van der Waals surface area contributed by atoms with Gasteiger partial charge in [0, 0.05) is 0 Å². The van der Waals surface area contributed by atoms with Crippen LogP contribution in [-0.2, 0) is 16.1 Å². The van der Waals surface area contributed by atoms with E-state index in [-0.39, 0.29) is 12.5 Å². The summed E-state index contributed by atoms with van der Waals surface area (Å²) >= 11 is 0. The van der Waals surface area contributed by atoms with E-state index in [1.54, 1.807) is 12.1 Å². The first kappa shape index (κ1) is 14.2. The van der Waals surface area contributed by atoms with Crippen molar-refractivity contribution in [3.63, 3.8) is 0 Å². The molecule has 0 aliphatic carbocycles. The Labute approximate surface area is 107 Å². The molecular weight excluding hydrogens is 230 g/mol. The lowest BCUT2D eigenvalue weighted by Gasteiger charge is -2.07. The summed E-state index contributed by atoms with van der Waals surface area (Å²) in [5.41, 5.74) is 2.51. The van der Waals surface area contributed by atoms with Gasteiger partial charge in [0.1, 0.15) is 6.10 Å². The first-order valence-corrected chi connectivity index (χ1v) is 6.04. The van der Waals surface area contributed by atoms with Gasteiger partial charge in [-0.05, 0) is 31.4 Å². The first-order chi connectivity index (χ1) is 8.52. The molecule has 1 N–H and O–H groups in total. The van der Waals surface area contributed by atoms with Crippen LogP contribution in [0.25, 0.3) is 0 Å². The van der Waals surface area contributed by atoms with Crippen molar-refractivity contribution in [2.45, 2.75) is 39.7 Å². The average Bonchev–Trinajstić information content (AvgIpc) is 2.35. The number of benzene rings is 1. The van der Waals surface area contributed by atoms with Crippen molar-refractivity contribution in [2.24, 2.45) is 5.16 Å². The molecule has 0 fully saturated rings. The Morgan fingerprint density at radius 3 is 2.50 bits per heavy atom. The number of hydrogen-bond acceptors (Lipinski definition) is 3. The van der Waals surface area contributed by atoms with E-state index < -0.39 is 5.97 Å². The molecule has 0 amide bonds. The summed E-state index contributed by atoms with van der Waals surface area (Å²) in [7, 11) is 0. The van der Waals surface area contributed by atoms with E-state index in [4.69, 9.17) is 9.94 Å². The topological polar surface area (TPSA) is 58.9 Å². The number of hydrogen-bond donors (Lipinski definition) is 1. The van der Waals surface area contributed by atoms with E-state index in [0.717, 1.165) is 23.3 Å². The molecule has 0 radical (unpaired) electrons. The van der Waals surface area contributed by atoms with Gasteiger partial charge in [-0.1, -0.05) is 36.3 Å². The van der Waals surface area contributed by atoms with Crippen molar-refractivity contribution in [1.82, 2.24) is 0 Å². The van der Waals surface area contributed by atoms with Gasteiger partial charge in [-0.15, -0.1) is 0 Å². The third kappa shape index (κ3) is 4.57. The molecule has 1 unspecified atom stereocenters. The van der Waals surface area contributed by atoms with Crippen LogP contribution in [0.3, 0.4) is 0 Å². The maximum absolute atomic E-state index is 10.6. The van der Waals surface area contributed by atoms with Gasteiger partial charge in [-0.2, -0.15) is 0 Å². The second-order valence-corrected chi connectivity index (χ2v) is 4.27. The van der Waals surface area contributed by atoms with E-state index in [1.807, 2.05) is 32.9 Å². The van der Waals surface area contributed by atoms with E-state index in [9.17, 15) is 4.79 Å². The highest BCUT2D eigenvalue weighted by atomic mass is 16.6. The van der Waals surface area contributed by atoms with Crippen molar-refractivity contribution >= 4 is 11.7 Å². The van der Waals surface area contributed by atoms with Crippen LogP contribution in [0.5, 0.6) is 0 Å². The number of carboxylic acids is 1. The highest BCUT2D eigenvalue weighted by Gasteiger charge is 2.03. The lowest BCUT2D eigenvalue weighted by Crippen LogP contribution is -2.05. The Morgan fingerprint density at radius 1 is 1.39 bits per heavy atom. The number of nitrogens with zero attached hydrogens (tertiary/aromatic N) is 1. The monoisotopic (exact) mass is 249 g/mol. The van der Waals surface area contributed by atoms with E-state index in [1.165, 1.54) is 0 Å². The number of aliphatic carboxylic acids is 1. The van der Waals surface area contributed by atoms with Gasteiger partial charge >= 0.3 is 5.97 Å². The van der Waals surface area contributed by atoms with Crippen molar-refractivity contribution in [3.05, 3.63) is 35.4 Å². The third-order valence-electron chi connectivity index (χ3n) is 2.67. The lowest BCUT2D eigenvalue weighted by molar-refractivity contribution is -0.136. The molecule has 0 saturated heterocycles. The fourth-order valence-electron chi connectivity index (χ4n) is 1.33. The molecule has 1 atom stereocenters. The summed E-state index contributed by atoms with van der Waals surface area (Å²) in [6.07, 6.45) is 1.06. The van der Waals surface area contributed by atoms with Crippen LogP contribution in [0.2, 0.25) is 0 Å². The van der Waals surface area contributed by atoms with Gasteiger partial charge < -0.3 is 9.94 Å². The fraction of sp³-hybridized carbons (Fsp3) is 0.429. The molecule has 1 aromatic carbocycles. The summed E-state index contributed by atoms with van der Waals surface area (Å²) in [5, 5.41) is 12.7. The van der Waals surface area contributed by atoms with Crippen LogP contribution in [0.1, 0.15) is 38.3 Å². The zero-order chi connectivity index (χ0) is 13.5. The molecule has 0 saturated carbocycles. The highest BCUT2D eigenvalue weighted by molar-refractivity contribution is 5.98. The average molecular weight is 249 g/mol. The molecule has 0 aromatic heterocycles. The minimum Gasteiger partial charge on any atom is -0.481 e. The van der Waals surface area contributed by atoms with E-state index >= 15 is 0 Å². The standard InChI is InChI=1S/C14H19NO3/c1-4-10(2)18-15-11(3)13-7-5-12(6-8-13)9-14(16)17/h5-8,10H,4,9H2,1-3H3,(H,16,17). The Balaban J connectivity index is 2.69. The Kier molecular flexibility index (Phi) is 5.36. The Hall–Kier alpha value is -1.84. The second-order valence-electron chi connectivity index (χ2n) is 4.27. The lowest BCUT2D eigenvalue weighted by atomic mass is 10.1. The molecule has 98 valence electrons. The Morgan fingerprint density at radius 2 is 2.00 bits per heavy atom. The number of rotatable bonds is 6. The first-order valence-electron chi connectivity index (χ1n) is 6.04. The maximum Gasteiger partial charge on any atom is 0.307 e. The summed E-state index contributed by atoms with van der Waals surface area (Å²) < 4.78 is 0. The quantitative estimate of drug-likeness (QED) is 0.623. The van der Waals surface area contributed by atoms with Crippen LogP contribution in [0, 0.1) is 0 Å². The van der Waals surface area contributed by atoms with Gasteiger partial charge in [0.15, 0.2) is 0 Å². The molecule has 0 heterocycles. The van der Waals surface area contributed by atoms with Gasteiger partial charge in [0.2, 0.25) is 0 Å². The molecule has 0 aliphatic rings. The van der Waals surface area contributed by atoms with Gasteiger partial charge in [-0.25, -0.2) is 0 Å². The molecule has 0 aliphatic heterocycles. The fourth-order valence-corrected chi connectivity index (χ4v) is 1.33. The molecular formula is C14H19NO3. The van der Waals surface area contributed by atoms with Crippen molar-refractivity contribution in [1.29, 1.82) is 0 Å². The molecule has 0 spiro atoms. The number of carboxylic acid groups (broad SMARTS) is 1. The maximum atomic E-state index is 10.6. The molecule has 0 bridgehead atoms. The largest absolute Gasteiger partial charge is 0.481 e. The van der Waals surface area contributed by atoms with Crippen molar-refractivity contribution in [2.75, 3.05) is 0 Å². The predicted molar refractivity (Wildman–Crippen MR) is 70.8 cm³/mol. The van der Waals surface area contributed by atoms with Crippen LogP contribution in [0.15, 0.2) is 29.4 Å². The summed E-state index contributed by atoms with van der Waals surface area (Å²) in [5.74, 6) is -0.826. The highest BCUT2D eigenvalue weighted by Crippen LogP contribution is 2.08. The minimum atomic E-state index is -0.826. The van der Waals surface area contributed by atoms with E-state index in [2.05, 4.69) is 5.16 Å². The smallest absolute Gasteiger partial charge is 0.307 e. The minimum absolute atomic E-state index is 0.0415. The number of carbonyl (C=O) groups is 1. The van der Waals surface area contributed by atoms with Crippen LogP contribution in [0.4, 0.5) is 0 Å². The van der Waals surface area contributed by atoms with Crippen molar-refractivity contribution < 1.29 is 14.7 Å². The van der Waals surface area contributed by atoms with Crippen LogP contribution in [-0.4, -0.2) is 22.9 Å². The Bertz CT molecular complexity index is 423. The van der Waals surface area contributed by atoms with Crippen LogP contribution >= 0.6 is 0 Å². The normalized spacial score (nSPS) is 13.2. The molecule has 1 rings (SSSR count). The van der Waals surface area contributed by atoms with Gasteiger partial charge in [0.05, 0.1) is 12.1 Å². The molecule has 1 aromatic rings. The van der Waals surface area contributed by atoms with Gasteiger partial charge in [0.25, 0.3) is 0 Å². The summed E-state index contributed by atoms with van der Waals surface area (Å²) in [6, 6.07) is 7.31. The third-order valence-corrected chi connectivity index (χ3v) is 2.67. The summed E-state index contributed by atoms with van der Waals surface area (Å²) in [6.45, 7) is 5.87. The van der Waals surface area contributed by atoms with Crippen molar-refractivity contribution in [3.8, 4) is 0 Å². The summed E-state index contributed by atoms with van der Waals surface area (Å²) in [4.78, 5) is 15.9. The number of oxime groups is 1. The van der Waals surface area contributed by atoms with E-state index in [0.29, 0.717) is 0 Å². The second kappa shape index (κ2) is 6.79. The molecule has 4 nitrogen and oxygen atoms in total. The van der Waals surface area contributed by atoms with Gasteiger partial charge in [-0.3, -0.25) is 4.79 Å². The van der Waals surface area contributed by atoms with Crippen LogP contribution < -0.4 is 0 Å². The zero-order valence-corrected chi connectivity index (χ0v) is 11.0. The zero-order valence-electron chi connectivity index (χ0n) is 11.0. The molecule has 18 heavy (non-hydrogen) atoms. The molecule has 4 heteroatoms. The predicted octanol–water partition coefficient (Wildman–Crippen LogP) is 2.85. The SMILES string of the molecule is CCC(C)ON=C(C)c1ccc(CC(=O)O)cc1.